The summed E-state index contributed by atoms with van der Waals surface area (Å²) in [6.45, 7) is 0. The van der Waals surface area contributed by atoms with Crippen LogP contribution >= 0.6 is 0 Å². The van der Waals surface area contributed by atoms with E-state index in [9.17, 15) is 13.2 Å². The number of H-pyrrole nitrogens is 1. The van der Waals surface area contributed by atoms with Crippen molar-refractivity contribution in [2.24, 2.45) is 5.92 Å². The van der Waals surface area contributed by atoms with E-state index < -0.39 is 15.5 Å². The molecule has 0 amide bonds. The van der Waals surface area contributed by atoms with Gasteiger partial charge in [0, 0.05) is 6.42 Å². The third kappa shape index (κ3) is 2.68. The van der Waals surface area contributed by atoms with Gasteiger partial charge in [0.15, 0.2) is 0 Å². The molecule has 7 heteroatoms. The van der Waals surface area contributed by atoms with Crippen LogP contribution in [0.25, 0.3) is 0 Å². The van der Waals surface area contributed by atoms with E-state index in [1.807, 2.05) is 0 Å². The average Bonchev–Trinajstić information content (AvgIpc) is 2.55. The Morgan fingerprint density at radius 3 is 2.60 bits per heavy atom. The van der Waals surface area contributed by atoms with E-state index in [0.29, 0.717) is 25.2 Å². The van der Waals surface area contributed by atoms with Crippen LogP contribution in [0.4, 0.5) is 0 Å². The van der Waals surface area contributed by atoms with Crippen LogP contribution in [0.1, 0.15) is 18.7 Å². The molecule has 0 atom stereocenters. The second-order valence-electron chi connectivity index (χ2n) is 3.81. The molecule has 0 bridgehead atoms. The van der Waals surface area contributed by atoms with Crippen molar-refractivity contribution < 1.29 is 12.9 Å². The van der Waals surface area contributed by atoms with Crippen molar-refractivity contribution in [2.75, 3.05) is 11.5 Å². The van der Waals surface area contributed by atoms with Crippen LogP contribution in [0.5, 0.6) is 0 Å². The lowest BCUT2D eigenvalue weighted by Gasteiger charge is -2.19. The number of rotatable bonds is 2. The molecule has 0 spiro atoms. The molecule has 0 aliphatic carbocycles. The van der Waals surface area contributed by atoms with E-state index in [1.165, 1.54) is 0 Å². The van der Waals surface area contributed by atoms with Crippen LogP contribution in [-0.2, 0) is 16.3 Å². The Balaban J connectivity index is 1.95. The quantitative estimate of drug-likeness (QED) is 0.757. The lowest BCUT2D eigenvalue weighted by molar-refractivity contribution is 0.339. The molecule has 15 heavy (non-hydrogen) atoms. The molecule has 0 saturated carbocycles. The van der Waals surface area contributed by atoms with Crippen molar-refractivity contribution in [3.63, 3.8) is 0 Å². The largest absolute Gasteiger partial charge is 0.377 e. The van der Waals surface area contributed by atoms with Crippen molar-refractivity contribution in [1.29, 1.82) is 0 Å². The number of hydrogen-bond donors (Lipinski definition) is 1. The van der Waals surface area contributed by atoms with E-state index >= 15 is 0 Å². The number of nitrogens with zero attached hydrogens (tertiary/aromatic N) is 1. The molecule has 1 saturated heterocycles. The van der Waals surface area contributed by atoms with Gasteiger partial charge in [-0.05, 0) is 18.8 Å². The summed E-state index contributed by atoms with van der Waals surface area (Å²) in [6.07, 6.45) is 1.78. The Kier molecular flexibility index (Phi) is 2.64. The molecule has 2 rings (SSSR count). The first-order valence-electron chi connectivity index (χ1n) is 4.80. The van der Waals surface area contributed by atoms with Gasteiger partial charge in [0.25, 0.3) is 0 Å². The molecule has 1 aromatic heterocycles. The topological polar surface area (TPSA) is 93.0 Å². The normalized spacial score (nSPS) is 21.6. The minimum Gasteiger partial charge on any atom is -0.362 e. The van der Waals surface area contributed by atoms with Crippen molar-refractivity contribution in [3.05, 3.63) is 16.4 Å². The van der Waals surface area contributed by atoms with Crippen LogP contribution in [0.2, 0.25) is 0 Å². The average molecular weight is 232 g/mol. The maximum atomic E-state index is 11.2. The van der Waals surface area contributed by atoms with Crippen molar-refractivity contribution in [2.45, 2.75) is 19.3 Å². The highest BCUT2D eigenvalue weighted by molar-refractivity contribution is 7.91. The Morgan fingerprint density at radius 2 is 2.07 bits per heavy atom. The molecule has 84 valence electrons. The lowest BCUT2D eigenvalue weighted by atomic mass is 9.99. The second-order valence-corrected chi connectivity index (χ2v) is 6.12. The van der Waals surface area contributed by atoms with Gasteiger partial charge in [0.1, 0.15) is 9.84 Å². The van der Waals surface area contributed by atoms with Crippen molar-refractivity contribution in [3.8, 4) is 0 Å². The van der Waals surface area contributed by atoms with Gasteiger partial charge < -0.3 is 4.52 Å². The number of nitrogens with one attached hydrogen (secondary N) is 1. The summed E-state index contributed by atoms with van der Waals surface area (Å²) >= 11 is 0. The summed E-state index contributed by atoms with van der Waals surface area (Å²) in [5, 5.41) is 2.11. The summed E-state index contributed by atoms with van der Waals surface area (Å²) in [6, 6.07) is 0. The summed E-state index contributed by atoms with van der Waals surface area (Å²) in [5.74, 6) is 1.07. The van der Waals surface area contributed by atoms with E-state index in [1.54, 1.807) is 0 Å². The molecular weight excluding hydrogens is 220 g/mol. The molecule has 2 heterocycles. The van der Waals surface area contributed by atoms with Crippen LogP contribution < -0.4 is 5.69 Å². The summed E-state index contributed by atoms with van der Waals surface area (Å²) in [4.78, 5) is 14.3. The van der Waals surface area contributed by atoms with Gasteiger partial charge in [-0.1, -0.05) is 0 Å². The number of hydrogen-bond acceptors (Lipinski definition) is 5. The van der Waals surface area contributed by atoms with Gasteiger partial charge in [-0.25, -0.2) is 13.2 Å². The SMILES string of the molecule is O=c1nc(CC2CCS(=O)(=O)CC2)o[nH]1. The Morgan fingerprint density at radius 1 is 1.40 bits per heavy atom. The number of sulfone groups is 1. The highest BCUT2D eigenvalue weighted by Gasteiger charge is 2.24. The Labute approximate surface area is 86.6 Å². The molecular formula is C8H12N2O4S. The molecule has 1 aliphatic heterocycles. The third-order valence-corrected chi connectivity index (χ3v) is 4.34. The minimum absolute atomic E-state index is 0.228. The molecule has 0 radical (unpaired) electrons. The standard InChI is InChI=1S/C8H12N2O4S/c11-8-9-7(14-10-8)5-6-1-3-15(12,13)4-2-6/h6H,1-5H2,(H,10,11). The zero-order chi connectivity index (χ0) is 10.9. The highest BCUT2D eigenvalue weighted by atomic mass is 32.2. The first-order chi connectivity index (χ1) is 7.05. The van der Waals surface area contributed by atoms with E-state index in [2.05, 4.69) is 10.1 Å². The Hall–Kier alpha value is -1.11. The third-order valence-electron chi connectivity index (χ3n) is 2.62. The molecule has 0 unspecified atom stereocenters. The number of aromatic nitrogens is 2. The van der Waals surface area contributed by atoms with E-state index in [0.717, 1.165) is 0 Å². The second kappa shape index (κ2) is 3.80. The summed E-state index contributed by atoms with van der Waals surface area (Å²) in [7, 11) is -2.82. The van der Waals surface area contributed by atoms with Gasteiger partial charge in [0.2, 0.25) is 5.89 Å². The van der Waals surface area contributed by atoms with Crippen molar-refractivity contribution >= 4 is 9.84 Å². The molecule has 1 aromatic rings. The maximum absolute atomic E-state index is 11.2. The maximum Gasteiger partial charge on any atom is 0.377 e. The van der Waals surface area contributed by atoms with Gasteiger partial charge >= 0.3 is 5.69 Å². The van der Waals surface area contributed by atoms with Crippen LogP contribution in [-0.4, -0.2) is 30.1 Å². The smallest absolute Gasteiger partial charge is 0.362 e. The summed E-state index contributed by atoms with van der Waals surface area (Å²) in [5.41, 5.74) is -0.492. The van der Waals surface area contributed by atoms with Crippen LogP contribution in [0.15, 0.2) is 9.32 Å². The van der Waals surface area contributed by atoms with Gasteiger partial charge in [-0.15, -0.1) is 0 Å². The van der Waals surface area contributed by atoms with Gasteiger partial charge in [-0.2, -0.15) is 10.1 Å². The molecule has 1 N–H and O–H groups in total. The van der Waals surface area contributed by atoms with E-state index in [-0.39, 0.29) is 17.4 Å². The van der Waals surface area contributed by atoms with Crippen LogP contribution in [0, 0.1) is 5.92 Å². The van der Waals surface area contributed by atoms with Crippen molar-refractivity contribution in [1.82, 2.24) is 10.1 Å². The zero-order valence-electron chi connectivity index (χ0n) is 8.10. The molecule has 0 aromatic carbocycles. The van der Waals surface area contributed by atoms with Gasteiger partial charge in [0.05, 0.1) is 11.5 Å². The zero-order valence-corrected chi connectivity index (χ0v) is 8.92. The predicted octanol–water partition coefficient (Wildman–Crippen LogP) is -0.270. The number of aromatic amines is 1. The predicted molar refractivity (Wildman–Crippen MR) is 52.2 cm³/mol. The van der Waals surface area contributed by atoms with E-state index in [4.69, 9.17) is 4.52 Å². The molecule has 1 aliphatic rings. The first-order valence-corrected chi connectivity index (χ1v) is 6.62. The molecule has 6 nitrogen and oxygen atoms in total. The fraction of sp³-hybridized carbons (Fsp3) is 0.750. The Bertz CT molecular complexity index is 473. The van der Waals surface area contributed by atoms with Crippen LogP contribution in [0.3, 0.4) is 0 Å². The highest BCUT2D eigenvalue weighted by Crippen LogP contribution is 2.21. The first kappa shape index (κ1) is 10.4. The monoisotopic (exact) mass is 232 g/mol. The fourth-order valence-electron chi connectivity index (χ4n) is 1.74. The van der Waals surface area contributed by atoms with Gasteiger partial charge in [-0.3, -0.25) is 0 Å². The lowest BCUT2D eigenvalue weighted by Crippen LogP contribution is -2.24. The minimum atomic E-state index is -2.82. The summed E-state index contributed by atoms with van der Waals surface area (Å²) < 4.78 is 27.1. The fourth-order valence-corrected chi connectivity index (χ4v) is 3.33. The molecule has 1 fully saturated rings.